The van der Waals surface area contributed by atoms with Crippen LogP contribution >= 0.6 is 0 Å². The minimum atomic E-state index is -1.74. The molecule has 0 unspecified atom stereocenters. The second-order valence-electron chi connectivity index (χ2n) is 6.03. The van der Waals surface area contributed by atoms with Gasteiger partial charge in [0, 0.05) is 18.8 Å². The van der Waals surface area contributed by atoms with Crippen LogP contribution in [0.5, 0.6) is 17.2 Å². The quantitative estimate of drug-likeness (QED) is 0.811. The number of amides is 2. The first kappa shape index (κ1) is 18.5. The lowest BCUT2D eigenvalue weighted by Gasteiger charge is -2.38. The second-order valence-corrected chi connectivity index (χ2v) is 6.03. The highest BCUT2D eigenvalue weighted by Crippen LogP contribution is 2.37. The summed E-state index contributed by atoms with van der Waals surface area (Å²) in [4.78, 5) is 31.6. The van der Waals surface area contributed by atoms with E-state index in [1.807, 2.05) is 6.92 Å². The topological polar surface area (TPSA) is 90.0 Å². The van der Waals surface area contributed by atoms with Gasteiger partial charge in [-0.3, -0.25) is 14.5 Å². The Morgan fingerprint density at radius 2 is 2.07 bits per heavy atom. The number of fused-ring (bicyclic) bond motifs is 1. The summed E-state index contributed by atoms with van der Waals surface area (Å²) >= 11 is 0. The standard InChI is InChI=1S/C19H21N3O5/c1-5-22-16-14(7-6-10-20-16)27-19(2,18(22)24)17(23)21-13-9-8-12(25-3)11-15(13)26-4/h6-11H,5H2,1-4H3,(H,21,23)/t19-/m0/s1. The fraction of sp³-hybridized carbons (Fsp3) is 0.316. The van der Waals surface area contributed by atoms with E-state index in [1.165, 1.54) is 26.0 Å². The van der Waals surface area contributed by atoms with Crippen molar-refractivity contribution >= 4 is 23.3 Å². The molecule has 0 saturated heterocycles. The first-order chi connectivity index (χ1) is 12.9. The number of benzene rings is 1. The fourth-order valence-electron chi connectivity index (χ4n) is 2.86. The first-order valence-corrected chi connectivity index (χ1v) is 8.44. The van der Waals surface area contributed by atoms with E-state index in [0.717, 1.165) is 0 Å². The highest BCUT2D eigenvalue weighted by molar-refractivity contribution is 6.19. The zero-order valence-corrected chi connectivity index (χ0v) is 15.6. The molecule has 2 amide bonds. The van der Waals surface area contributed by atoms with Crippen molar-refractivity contribution < 1.29 is 23.8 Å². The summed E-state index contributed by atoms with van der Waals surface area (Å²) in [7, 11) is 3.02. The molecule has 1 aliphatic rings. The van der Waals surface area contributed by atoms with Gasteiger partial charge in [0.25, 0.3) is 17.4 Å². The fourth-order valence-corrected chi connectivity index (χ4v) is 2.86. The number of ether oxygens (including phenoxy) is 3. The number of anilines is 2. The maximum absolute atomic E-state index is 13.0. The third-order valence-corrected chi connectivity index (χ3v) is 4.38. The van der Waals surface area contributed by atoms with E-state index in [2.05, 4.69) is 10.3 Å². The Balaban J connectivity index is 1.93. The molecule has 3 rings (SSSR count). The summed E-state index contributed by atoms with van der Waals surface area (Å²) in [5, 5.41) is 2.72. The zero-order valence-electron chi connectivity index (χ0n) is 15.6. The maximum Gasteiger partial charge on any atom is 0.282 e. The SMILES string of the molecule is CCN1C(=O)[C@](C)(C(=O)Nc2ccc(OC)cc2OC)Oc2cccnc21. The molecule has 27 heavy (non-hydrogen) atoms. The van der Waals surface area contributed by atoms with Crippen LogP contribution in [0.4, 0.5) is 11.5 Å². The van der Waals surface area contributed by atoms with Gasteiger partial charge in [-0.15, -0.1) is 0 Å². The van der Waals surface area contributed by atoms with Crippen molar-refractivity contribution in [2.45, 2.75) is 19.4 Å². The molecule has 8 nitrogen and oxygen atoms in total. The van der Waals surface area contributed by atoms with Gasteiger partial charge >= 0.3 is 0 Å². The summed E-state index contributed by atoms with van der Waals surface area (Å²) < 4.78 is 16.2. The molecule has 1 aromatic carbocycles. The van der Waals surface area contributed by atoms with Gasteiger partial charge in [0.2, 0.25) is 0 Å². The number of pyridine rings is 1. The number of carbonyl (C=O) groups is 2. The van der Waals surface area contributed by atoms with E-state index < -0.39 is 17.4 Å². The minimum absolute atomic E-state index is 0.362. The van der Waals surface area contributed by atoms with Crippen molar-refractivity contribution in [1.29, 1.82) is 0 Å². The molecule has 1 aromatic heterocycles. The highest BCUT2D eigenvalue weighted by atomic mass is 16.5. The second kappa shape index (κ2) is 7.14. The van der Waals surface area contributed by atoms with E-state index in [1.54, 1.807) is 36.5 Å². The van der Waals surface area contributed by atoms with Crippen LogP contribution in [-0.2, 0) is 9.59 Å². The Kier molecular flexibility index (Phi) is 4.89. The molecule has 1 N–H and O–H groups in total. The number of aromatic nitrogens is 1. The number of nitrogens with one attached hydrogen (secondary N) is 1. The predicted octanol–water partition coefficient (Wildman–Crippen LogP) is 2.24. The molecule has 0 fully saturated rings. The molecule has 8 heteroatoms. The normalized spacial score (nSPS) is 18.4. The Morgan fingerprint density at radius 1 is 1.30 bits per heavy atom. The first-order valence-electron chi connectivity index (χ1n) is 8.44. The Morgan fingerprint density at radius 3 is 2.74 bits per heavy atom. The van der Waals surface area contributed by atoms with E-state index in [9.17, 15) is 9.59 Å². The number of carbonyl (C=O) groups excluding carboxylic acids is 2. The van der Waals surface area contributed by atoms with Crippen LogP contribution in [0.25, 0.3) is 0 Å². The molecule has 1 aliphatic heterocycles. The van der Waals surface area contributed by atoms with E-state index in [0.29, 0.717) is 35.3 Å². The largest absolute Gasteiger partial charge is 0.497 e. The van der Waals surface area contributed by atoms with Crippen molar-refractivity contribution in [2.24, 2.45) is 0 Å². The summed E-state index contributed by atoms with van der Waals surface area (Å²) in [5.74, 6) is 0.669. The van der Waals surface area contributed by atoms with Gasteiger partial charge in [-0.25, -0.2) is 4.98 Å². The van der Waals surface area contributed by atoms with Crippen LogP contribution < -0.4 is 24.4 Å². The summed E-state index contributed by atoms with van der Waals surface area (Å²) in [6.45, 7) is 3.62. The number of hydrogen-bond donors (Lipinski definition) is 1. The third-order valence-electron chi connectivity index (χ3n) is 4.38. The Hall–Kier alpha value is -3.29. The Bertz CT molecular complexity index is 885. The van der Waals surface area contributed by atoms with Crippen molar-refractivity contribution in [2.75, 3.05) is 31.0 Å². The van der Waals surface area contributed by atoms with Crippen LogP contribution in [0.15, 0.2) is 36.5 Å². The van der Waals surface area contributed by atoms with E-state index in [4.69, 9.17) is 14.2 Å². The molecule has 1 atom stereocenters. The summed E-state index contributed by atoms with van der Waals surface area (Å²) in [6, 6.07) is 8.32. The van der Waals surface area contributed by atoms with Crippen molar-refractivity contribution in [1.82, 2.24) is 4.98 Å². The van der Waals surface area contributed by atoms with Gasteiger partial charge in [0.15, 0.2) is 11.6 Å². The number of methoxy groups -OCH3 is 2. The monoisotopic (exact) mass is 371 g/mol. The van der Waals surface area contributed by atoms with Crippen LogP contribution in [0, 0.1) is 0 Å². The lowest BCUT2D eigenvalue weighted by molar-refractivity contribution is -0.145. The smallest absolute Gasteiger partial charge is 0.282 e. The van der Waals surface area contributed by atoms with Gasteiger partial charge in [-0.05, 0) is 38.1 Å². The highest BCUT2D eigenvalue weighted by Gasteiger charge is 2.51. The molecule has 0 aliphatic carbocycles. The average molecular weight is 371 g/mol. The van der Waals surface area contributed by atoms with E-state index in [-0.39, 0.29) is 0 Å². The number of rotatable bonds is 5. The molecule has 0 spiro atoms. The van der Waals surface area contributed by atoms with Gasteiger partial charge in [-0.1, -0.05) is 0 Å². The molecule has 142 valence electrons. The molecular weight excluding hydrogens is 350 g/mol. The van der Waals surface area contributed by atoms with Crippen molar-refractivity contribution in [3.63, 3.8) is 0 Å². The molecule has 0 radical (unpaired) electrons. The molecule has 0 saturated carbocycles. The van der Waals surface area contributed by atoms with Gasteiger partial charge in [-0.2, -0.15) is 0 Å². The van der Waals surface area contributed by atoms with Gasteiger partial charge < -0.3 is 19.5 Å². The molecule has 2 heterocycles. The van der Waals surface area contributed by atoms with Gasteiger partial charge in [0.1, 0.15) is 11.5 Å². The lowest BCUT2D eigenvalue weighted by atomic mass is 10.0. The lowest BCUT2D eigenvalue weighted by Crippen LogP contribution is -2.60. The Labute approximate surface area is 157 Å². The van der Waals surface area contributed by atoms with Crippen molar-refractivity contribution in [3.05, 3.63) is 36.5 Å². The average Bonchev–Trinajstić information content (AvgIpc) is 2.69. The summed E-state index contributed by atoms with van der Waals surface area (Å²) in [6.07, 6.45) is 1.57. The molecular formula is C19H21N3O5. The number of hydrogen-bond acceptors (Lipinski definition) is 6. The molecule has 2 aromatic rings. The number of nitrogens with zero attached hydrogens (tertiary/aromatic N) is 2. The van der Waals surface area contributed by atoms with Crippen LogP contribution in [0.1, 0.15) is 13.8 Å². The minimum Gasteiger partial charge on any atom is -0.497 e. The van der Waals surface area contributed by atoms with Crippen LogP contribution in [0.3, 0.4) is 0 Å². The number of likely N-dealkylation sites (N-methyl/N-ethyl adjacent to an activating group) is 1. The third kappa shape index (κ3) is 3.14. The predicted molar refractivity (Wildman–Crippen MR) is 99.5 cm³/mol. The van der Waals surface area contributed by atoms with Gasteiger partial charge in [0.05, 0.1) is 19.9 Å². The van der Waals surface area contributed by atoms with Crippen LogP contribution in [-0.4, -0.2) is 43.2 Å². The zero-order chi connectivity index (χ0) is 19.6. The van der Waals surface area contributed by atoms with E-state index >= 15 is 0 Å². The summed E-state index contributed by atoms with van der Waals surface area (Å²) in [5.41, 5.74) is -1.34. The van der Waals surface area contributed by atoms with Crippen molar-refractivity contribution in [3.8, 4) is 17.2 Å². The maximum atomic E-state index is 13.0. The van der Waals surface area contributed by atoms with Crippen LogP contribution in [0.2, 0.25) is 0 Å². The molecule has 0 bridgehead atoms.